The molecule has 4 heteroatoms. The summed E-state index contributed by atoms with van der Waals surface area (Å²) in [7, 11) is 0. The van der Waals surface area contributed by atoms with E-state index in [2.05, 4.69) is 79.9 Å². The van der Waals surface area contributed by atoms with Gasteiger partial charge in [0, 0.05) is 6.42 Å². The van der Waals surface area contributed by atoms with Crippen molar-refractivity contribution in [1.82, 2.24) is 5.32 Å². The van der Waals surface area contributed by atoms with Gasteiger partial charge in [-0.2, -0.15) is 0 Å². The summed E-state index contributed by atoms with van der Waals surface area (Å²) in [6, 6.07) is -0.533. The first kappa shape index (κ1) is 61.1. The summed E-state index contributed by atoms with van der Waals surface area (Å²) in [5.41, 5.74) is 0. The van der Waals surface area contributed by atoms with Crippen molar-refractivity contribution in [3.05, 3.63) is 60.8 Å². The van der Waals surface area contributed by atoms with Gasteiger partial charge in [0.1, 0.15) is 0 Å². The number of aliphatic hydroxyl groups excluding tert-OH is 2. The van der Waals surface area contributed by atoms with Gasteiger partial charge in [0.25, 0.3) is 0 Å². The second-order valence-corrected chi connectivity index (χ2v) is 19.0. The van der Waals surface area contributed by atoms with E-state index in [1.165, 1.54) is 205 Å². The Hall–Kier alpha value is -1.91. The summed E-state index contributed by atoms with van der Waals surface area (Å²) in [5.74, 6) is -0.0292. The predicted molar refractivity (Wildman–Crippen MR) is 281 cm³/mol. The molecule has 63 heavy (non-hydrogen) atoms. The standard InChI is InChI=1S/C59H109NO3/c1-3-5-7-9-11-13-15-16-17-18-19-20-21-22-23-24-25-26-27-28-29-30-31-32-33-34-35-36-37-38-39-40-41-42-43-44-45-47-49-51-53-55-59(63)60-57(56-61)58(62)54-52-50-48-46-14-12-10-8-6-4-2/h5,7,11,13,16-17,19-20,22-23,57-58,61-62H,3-4,6,8-10,12,14-15,18,21,24-56H2,1-2H3,(H,60,63)/b7-5-,13-11-,17-16-,20-19-,23-22-. The van der Waals surface area contributed by atoms with Crippen LogP contribution in [0.3, 0.4) is 0 Å². The minimum absolute atomic E-state index is 0.0292. The Morgan fingerprint density at radius 2 is 0.698 bits per heavy atom. The Bertz CT molecular complexity index is 1040. The van der Waals surface area contributed by atoms with Crippen molar-refractivity contribution >= 4 is 5.91 Å². The van der Waals surface area contributed by atoms with E-state index in [0.717, 1.165) is 57.8 Å². The lowest BCUT2D eigenvalue weighted by Crippen LogP contribution is -2.45. The summed E-state index contributed by atoms with van der Waals surface area (Å²) in [6.07, 6.45) is 76.6. The van der Waals surface area contributed by atoms with Gasteiger partial charge in [0.2, 0.25) is 5.91 Å². The molecule has 0 aromatic carbocycles. The molecule has 2 atom stereocenters. The number of carbonyl (C=O) groups excluding carboxylic acids is 1. The van der Waals surface area contributed by atoms with Crippen LogP contribution in [0.15, 0.2) is 60.8 Å². The number of nitrogens with one attached hydrogen (secondary N) is 1. The molecule has 2 unspecified atom stereocenters. The highest BCUT2D eigenvalue weighted by atomic mass is 16.3. The number of rotatable bonds is 51. The Morgan fingerprint density at radius 1 is 0.397 bits per heavy atom. The van der Waals surface area contributed by atoms with Gasteiger partial charge in [0.15, 0.2) is 0 Å². The molecular formula is C59H109NO3. The molecule has 368 valence electrons. The quantitative estimate of drug-likeness (QED) is 0.0421. The van der Waals surface area contributed by atoms with E-state index in [-0.39, 0.29) is 12.5 Å². The van der Waals surface area contributed by atoms with E-state index < -0.39 is 12.1 Å². The van der Waals surface area contributed by atoms with Crippen LogP contribution in [0.2, 0.25) is 0 Å². The first-order valence-corrected chi connectivity index (χ1v) is 28.0. The molecule has 0 aromatic heterocycles. The molecule has 0 bridgehead atoms. The van der Waals surface area contributed by atoms with Crippen LogP contribution in [0.5, 0.6) is 0 Å². The van der Waals surface area contributed by atoms with E-state index in [9.17, 15) is 15.0 Å². The van der Waals surface area contributed by atoms with Crippen molar-refractivity contribution in [2.45, 2.75) is 302 Å². The van der Waals surface area contributed by atoms with Gasteiger partial charge in [-0.25, -0.2) is 0 Å². The number of amides is 1. The molecule has 0 rings (SSSR count). The van der Waals surface area contributed by atoms with Gasteiger partial charge in [-0.15, -0.1) is 0 Å². The Morgan fingerprint density at radius 3 is 1.05 bits per heavy atom. The number of allylic oxidation sites excluding steroid dienone is 10. The molecule has 0 heterocycles. The van der Waals surface area contributed by atoms with Gasteiger partial charge in [0.05, 0.1) is 18.8 Å². The molecule has 0 spiro atoms. The van der Waals surface area contributed by atoms with Crippen molar-refractivity contribution in [3.63, 3.8) is 0 Å². The average molecular weight is 881 g/mol. The molecule has 0 aliphatic heterocycles. The summed E-state index contributed by atoms with van der Waals surface area (Å²) in [4.78, 5) is 12.4. The zero-order valence-corrected chi connectivity index (χ0v) is 42.3. The lowest BCUT2D eigenvalue weighted by atomic mass is 10.0. The van der Waals surface area contributed by atoms with Crippen LogP contribution in [-0.2, 0) is 4.79 Å². The van der Waals surface area contributed by atoms with Gasteiger partial charge < -0.3 is 15.5 Å². The van der Waals surface area contributed by atoms with Crippen molar-refractivity contribution in [2.75, 3.05) is 6.61 Å². The van der Waals surface area contributed by atoms with Crippen molar-refractivity contribution in [1.29, 1.82) is 0 Å². The largest absolute Gasteiger partial charge is 0.394 e. The zero-order valence-electron chi connectivity index (χ0n) is 42.3. The molecule has 4 nitrogen and oxygen atoms in total. The number of unbranched alkanes of at least 4 members (excludes halogenated alkanes) is 34. The molecule has 0 saturated carbocycles. The third-order valence-electron chi connectivity index (χ3n) is 12.8. The first-order valence-electron chi connectivity index (χ1n) is 28.0. The maximum Gasteiger partial charge on any atom is 0.220 e. The van der Waals surface area contributed by atoms with Crippen LogP contribution < -0.4 is 5.32 Å². The van der Waals surface area contributed by atoms with E-state index >= 15 is 0 Å². The highest BCUT2D eigenvalue weighted by Gasteiger charge is 2.20. The van der Waals surface area contributed by atoms with Crippen LogP contribution in [0, 0.1) is 0 Å². The van der Waals surface area contributed by atoms with Crippen molar-refractivity contribution in [3.8, 4) is 0 Å². The average Bonchev–Trinajstić information content (AvgIpc) is 3.29. The van der Waals surface area contributed by atoms with Gasteiger partial charge in [-0.3, -0.25) is 4.79 Å². The topological polar surface area (TPSA) is 69.6 Å². The maximum atomic E-state index is 12.4. The molecule has 0 aromatic rings. The molecule has 0 fully saturated rings. The second-order valence-electron chi connectivity index (χ2n) is 19.0. The molecule has 0 saturated heterocycles. The normalized spacial score (nSPS) is 13.3. The number of carbonyl (C=O) groups is 1. The monoisotopic (exact) mass is 880 g/mol. The van der Waals surface area contributed by atoms with Gasteiger partial charge >= 0.3 is 0 Å². The molecular weight excluding hydrogens is 771 g/mol. The highest BCUT2D eigenvalue weighted by Crippen LogP contribution is 2.17. The minimum Gasteiger partial charge on any atom is -0.394 e. The van der Waals surface area contributed by atoms with E-state index in [0.29, 0.717) is 12.8 Å². The Kier molecular flexibility index (Phi) is 52.8. The molecule has 0 radical (unpaired) electrons. The summed E-state index contributed by atoms with van der Waals surface area (Å²) in [6.45, 7) is 4.24. The Balaban J connectivity index is 3.36. The second kappa shape index (κ2) is 54.4. The lowest BCUT2D eigenvalue weighted by Gasteiger charge is -2.22. The van der Waals surface area contributed by atoms with Crippen LogP contribution >= 0.6 is 0 Å². The van der Waals surface area contributed by atoms with Crippen LogP contribution in [0.25, 0.3) is 0 Å². The van der Waals surface area contributed by atoms with E-state index in [1.54, 1.807) is 0 Å². The fraction of sp³-hybridized carbons (Fsp3) is 0.814. The van der Waals surface area contributed by atoms with Gasteiger partial charge in [-0.05, 0) is 57.8 Å². The molecule has 3 N–H and O–H groups in total. The first-order chi connectivity index (χ1) is 31.2. The Labute approximate surface area is 394 Å². The van der Waals surface area contributed by atoms with Gasteiger partial charge in [-0.1, -0.05) is 286 Å². The summed E-state index contributed by atoms with van der Waals surface area (Å²) >= 11 is 0. The van der Waals surface area contributed by atoms with Crippen LogP contribution in [0.4, 0.5) is 0 Å². The van der Waals surface area contributed by atoms with Crippen molar-refractivity contribution in [2.24, 2.45) is 0 Å². The van der Waals surface area contributed by atoms with E-state index in [1.807, 2.05) is 0 Å². The number of hydrogen-bond donors (Lipinski definition) is 3. The fourth-order valence-electron chi connectivity index (χ4n) is 8.57. The fourth-order valence-corrected chi connectivity index (χ4v) is 8.57. The smallest absolute Gasteiger partial charge is 0.220 e. The third kappa shape index (κ3) is 50.9. The zero-order chi connectivity index (χ0) is 45.6. The number of aliphatic hydroxyl groups is 2. The van der Waals surface area contributed by atoms with Crippen LogP contribution in [-0.4, -0.2) is 34.9 Å². The van der Waals surface area contributed by atoms with Crippen molar-refractivity contribution < 1.29 is 15.0 Å². The number of hydrogen-bond acceptors (Lipinski definition) is 3. The third-order valence-corrected chi connectivity index (χ3v) is 12.8. The SMILES string of the molecule is CC/C=C\C/C=C\C/C=C\C/C=C\C/C=C\CCCCCCCCCCCCCCCCCCCCCCCCCCCC(=O)NC(CO)C(O)CCCCCCCCCCCC. The minimum atomic E-state index is -0.656. The molecule has 0 aliphatic carbocycles. The summed E-state index contributed by atoms with van der Waals surface area (Å²) < 4.78 is 0. The molecule has 0 aliphatic rings. The molecule has 1 amide bonds. The van der Waals surface area contributed by atoms with Crippen LogP contribution in [0.1, 0.15) is 290 Å². The van der Waals surface area contributed by atoms with E-state index in [4.69, 9.17) is 0 Å². The summed E-state index contributed by atoms with van der Waals surface area (Å²) in [5, 5.41) is 23.1. The lowest BCUT2D eigenvalue weighted by molar-refractivity contribution is -0.123. The maximum absolute atomic E-state index is 12.4. The predicted octanol–water partition coefficient (Wildman–Crippen LogP) is 18.4. The highest BCUT2D eigenvalue weighted by molar-refractivity contribution is 5.76.